The van der Waals surface area contributed by atoms with Gasteiger partial charge in [0.25, 0.3) is 5.91 Å². The number of pyridine rings is 1. The van der Waals surface area contributed by atoms with E-state index < -0.39 is 11.4 Å². The van der Waals surface area contributed by atoms with Gasteiger partial charge in [-0.2, -0.15) is 11.3 Å². The summed E-state index contributed by atoms with van der Waals surface area (Å²) in [6, 6.07) is 5.49. The predicted molar refractivity (Wildman–Crippen MR) is 86.0 cm³/mol. The van der Waals surface area contributed by atoms with E-state index in [1.807, 2.05) is 16.8 Å². The van der Waals surface area contributed by atoms with Crippen LogP contribution in [0.5, 0.6) is 0 Å². The first-order chi connectivity index (χ1) is 10.3. The summed E-state index contributed by atoms with van der Waals surface area (Å²) in [7, 11) is 0. The zero-order chi connectivity index (χ0) is 16.3. The number of aromatic nitrogens is 1. The van der Waals surface area contributed by atoms with Gasteiger partial charge in [-0.3, -0.25) is 14.6 Å². The maximum Gasteiger partial charge on any atom is 0.310 e. The van der Waals surface area contributed by atoms with Gasteiger partial charge < -0.3 is 10.4 Å². The Morgan fingerprint density at radius 1 is 1.32 bits per heavy atom. The Morgan fingerprint density at radius 3 is 2.59 bits per heavy atom. The van der Waals surface area contributed by atoms with Gasteiger partial charge in [0.1, 0.15) is 0 Å². The highest BCUT2D eigenvalue weighted by Gasteiger charge is 2.28. The average molecular weight is 318 g/mol. The Hall–Kier alpha value is -2.21. The van der Waals surface area contributed by atoms with Crippen molar-refractivity contribution in [3.63, 3.8) is 0 Å². The van der Waals surface area contributed by atoms with Crippen LogP contribution in [0.2, 0.25) is 0 Å². The van der Waals surface area contributed by atoms with Crippen LogP contribution >= 0.6 is 11.3 Å². The predicted octanol–water partition coefficient (Wildman–Crippen LogP) is 2.96. The molecule has 0 unspecified atom stereocenters. The Kier molecular flexibility index (Phi) is 4.61. The molecule has 0 saturated carbocycles. The molecule has 2 rings (SSSR count). The molecule has 5 nitrogen and oxygen atoms in total. The van der Waals surface area contributed by atoms with E-state index in [0.717, 1.165) is 11.3 Å². The Morgan fingerprint density at radius 2 is 2.05 bits per heavy atom. The third-order valence-electron chi connectivity index (χ3n) is 3.42. The number of hydrogen-bond acceptors (Lipinski definition) is 4. The van der Waals surface area contributed by atoms with Crippen molar-refractivity contribution < 1.29 is 14.7 Å². The maximum atomic E-state index is 12.2. The highest BCUT2D eigenvalue weighted by Crippen LogP contribution is 2.21. The van der Waals surface area contributed by atoms with E-state index in [0.29, 0.717) is 11.3 Å². The summed E-state index contributed by atoms with van der Waals surface area (Å²) >= 11 is 1.59. The van der Waals surface area contributed by atoms with Crippen LogP contribution < -0.4 is 5.32 Å². The van der Waals surface area contributed by atoms with Crippen LogP contribution in [0.25, 0.3) is 11.3 Å². The lowest BCUT2D eigenvalue weighted by atomic mass is 9.94. The molecule has 2 aromatic rings. The third-order valence-corrected chi connectivity index (χ3v) is 4.10. The molecule has 0 spiro atoms. The average Bonchev–Trinajstić information content (AvgIpc) is 2.98. The largest absolute Gasteiger partial charge is 0.481 e. The minimum absolute atomic E-state index is 0.0624. The van der Waals surface area contributed by atoms with Crippen molar-refractivity contribution in [2.45, 2.75) is 20.8 Å². The second kappa shape index (κ2) is 6.27. The zero-order valence-electron chi connectivity index (χ0n) is 12.7. The second-order valence-electron chi connectivity index (χ2n) is 5.71. The molecule has 1 amide bonds. The van der Waals surface area contributed by atoms with Crippen LogP contribution in [0, 0.1) is 12.3 Å². The van der Waals surface area contributed by atoms with E-state index in [1.165, 1.54) is 0 Å². The fourth-order valence-electron chi connectivity index (χ4n) is 1.84. The number of carbonyl (C=O) groups is 2. The molecule has 116 valence electrons. The molecule has 0 aliphatic carbocycles. The van der Waals surface area contributed by atoms with Crippen molar-refractivity contribution >= 4 is 23.2 Å². The van der Waals surface area contributed by atoms with Gasteiger partial charge in [-0.25, -0.2) is 0 Å². The topological polar surface area (TPSA) is 79.3 Å². The Bertz CT molecular complexity index is 693. The van der Waals surface area contributed by atoms with Crippen LogP contribution in [-0.2, 0) is 4.79 Å². The highest BCUT2D eigenvalue weighted by atomic mass is 32.1. The molecule has 2 aromatic heterocycles. The van der Waals surface area contributed by atoms with E-state index in [-0.39, 0.29) is 12.5 Å². The normalized spacial score (nSPS) is 11.2. The fourth-order valence-corrected chi connectivity index (χ4v) is 2.49. The zero-order valence-corrected chi connectivity index (χ0v) is 13.5. The molecule has 0 radical (unpaired) electrons. The molecule has 22 heavy (non-hydrogen) atoms. The number of carboxylic acid groups (broad SMARTS) is 1. The smallest absolute Gasteiger partial charge is 0.310 e. The first-order valence-corrected chi connectivity index (χ1v) is 7.77. The SMILES string of the molecule is Cc1nc(-c2ccsc2)ccc1C(=O)NCC(C)(C)C(=O)O. The van der Waals surface area contributed by atoms with Crippen molar-refractivity contribution in [1.29, 1.82) is 0 Å². The second-order valence-corrected chi connectivity index (χ2v) is 6.49. The summed E-state index contributed by atoms with van der Waals surface area (Å²) in [5, 5.41) is 15.7. The number of hydrogen-bond donors (Lipinski definition) is 2. The highest BCUT2D eigenvalue weighted by molar-refractivity contribution is 7.08. The number of aryl methyl sites for hydroxylation is 1. The number of nitrogens with one attached hydrogen (secondary N) is 1. The van der Waals surface area contributed by atoms with Crippen LogP contribution in [0.15, 0.2) is 29.0 Å². The van der Waals surface area contributed by atoms with Crippen molar-refractivity contribution in [3.8, 4) is 11.3 Å². The van der Waals surface area contributed by atoms with Gasteiger partial charge in [-0.15, -0.1) is 0 Å². The summed E-state index contributed by atoms with van der Waals surface area (Å²) in [6.45, 7) is 4.97. The number of amides is 1. The molecule has 2 N–H and O–H groups in total. The van der Waals surface area contributed by atoms with E-state index in [4.69, 9.17) is 5.11 Å². The molecular weight excluding hydrogens is 300 g/mol. The van der Waals surface area contributed by atoms with Crippen molar-refractivity contribution in [1.82, 2.24) is 10.3 Å². The van der Waals surface area contributed by atoms with Gasteiger partial charge in [-0.05, 0) is 44.4 Å². The molecular formula is C16H18N2O3S. The number of thiophene rings is 1. The molecule has 0 aliphatic heterocycles. The molecule has 0 fully saturated rings. The van der Waals surface area contributed by atoms with Gasteiger partial charge in [0, 0.05) is 17.5 Å². The lowest BCUT2D eigenvalue weighted by Gasteiger charge is -2.19. The lowest BCUT2D eigenvalue weighted by Crippen LogP contribution is -2.39. The molecule has 0 aliphatic rings. The number of rotatable bonds is 5. The van der Waals surface area contributed by atoms with E-state index in [1.54, 1.807) is 44.2 Å². The molecule has 6 heteroatoms. The minimum atomic E-state index is -1.01. The van der Waals surface area contributed by atoms with E-state index in [2.05, 4.69) is 10.3 Å². The van der Waals surface area contributed by atoms with Crippen LogP contribution in [-0.4, -0.2) is 28.5 Å². The van der Waals surface area contributed by atoms with Crippen LogP contribution in [0.3, 0.4) is 0 Å². The molecule has 2 heterocycles. The van der Waals surface area contributed by atoms with Crippen LogP contribution in [0.4, 0.5) is 0 Å². The summed E-state index contributed by atoms with van der Waals surface area (Å²) < 4.78 is 0. The van der Waals surface area contributed by atoms with E-state index in [9.17, 15) is 9.59 Å². The summed E-state index contributed by atoms with van der Waals surface area (Å²) in [6.07, 6.45) is 0. The summed E-state index contributed by atoms with van der Waals surface area (Å²) in [5.74, 6) is -1.26. The minimum Gasteiger partial charge on any atom is -0.481 e. The summed E-state index contributed by atoms with van der Waals surface area (Å²) in [4.78, 5) is 27.7. The Balaban J connectivity index is 2.12. The number of carbonyl (C=O) groups excluding carboxylic acids is 1. The standard InChI is InChI=1S/C16H18N2O3S/c1-10-12(14(19)17-9-16(2,3)15(20)21)4-5-13(18-10)11-6-7-22-8-11/h4-8H,9H2,1-3H3,(H,17,19)(H,20,21). The lowest BCUT2D eigenvalue weighted by molar-refractivity contribution is -0.146. The summed E-state index contributed by atoms with van der Waals surface area (Å²) in [5.41, 5.74) is 1.91. The Labute approximate surface area is 133 Å². The fraction of sp³-hybridized carbons (Fsp3) is 0.312. The van der Waals surface area contributed by atoms with E-state index >= 15 is 0 Å². The van der Waals surface area contributed by atoms with Crippen molar-refractivity contribution in [3.05, 3.63) is 40.2 Å². The van der Waals surface area contributed by atoms with Gasteiger partial charge in [0.05, 0.1) is 22.4 Å². The quantitative estimate of drug-likeness (QED) is 0.888. The molecule has 0 aromatic carbocycles. The molecule has 0 atom stereocenters. The monoisotopic (exact) mass is 318 g/mol. The molecule has 0 saturated heterocycles. The van der Waals surface area contributed by atoms with Gasteiger partial charge >= 0.3 is 5.97 Å². The number of carboxylic acids is 1. The number of nitrogens with zero attached hydrogens (tertiary/aromatic N) is 1. The third kappa shape index (κ3) is 3.51. The van der Waals surface area contributed by atoms with Crippen molar-refractivity contribution in [2.24, 2.45) is 5.41 Å². The maximum absolute atomic E-state index is 12.2. The van der Waals surface area contributed by atoms with Gasteiger partial charge in [-0.1, -0.05) is 0 Å². The number of aliphatic carboxylic acids is 1. The molecule has 0 bridgehead atoms. The first-order valence-electron chi connectivity index (χ1n) is 6.83. The van der Waals surface area contributed by atoms with Crippen LogP contribution in [0.1, 0.15) is 29.9 Å². The van der Waals surface area contributed by atoms with Gasteiger partial charge in [0.2, 0.25) is 0 Å². The van der Waals surface area contributed by atoms with Gasteiger partial charge in [0.15, 0.2) is 0 Å². The van der Waals surface area contributed by atoms with Crippen molar-refractivity contribution in [2.75, 3.05) is 6.54 Å². The first kappa shape index (κ1) is 16.2.